The molecule has 10 heteroatoms. The molecule has 2 heterocycles. The van der Waals surface area contributed by atoms with E-state index < -0.39 is 5.82 Å². The van der Waals surface area contributed by atoms with E-state index in [0.29, 0.717) is 12.4 Å². The molecule has 0 saturated heterocycles. The van der Waals surface area contributed by atoms with E-state index in [9.17, 15) is 4.39 Å². The number of anilines is 4. The summed E-state index contributed by atoms with van der Waals surface area (Å²) < 4.78 is 20.4. The van der Waals surface area contributed by atoms with Crippen LogP contribution < -0.4 is 21.1 Å². The van der Waals surface area contributed by atoms with Crippen molar-refractivity contribution in [2.24, 2.45) is 0 Å². The number of imidazole rings is 1. The van der Waals surface area contributed by atoms with Gasteiger partial charge in [0.2, 0.25) is 17.8 Å². The molecule has 2 aromatic heterocycles. The summed E-state index contributed by atoms with van der Waals surface area (Å²) in [7, 11) is 1.40. The Morgan fingerprint density at radius 1 is 1.25 bits per heavy atom. The minimum atomic E-state index is -0.497. The number of hydrogen-bond acceptors (Lipinski definition) is 8. The summed E-state index contributed by atoms with van der Waals surface area (Å²) in [5.41, 5.74) is 6.14. The normalized spacial score (nSPS) is 10.4. The van der Waals surface area contributed by atoms with E-state index in [-0.39, 0.29) is 23.6 Å². The number of ether oxygens (including phenoxy) is 1. The standard InChI is InChI=1S/C14H15FN8O/c1-24-11-3-2-9(6-10(11)15)19-14-21-12(16)20-13(22-14)18-8-23-5-4-17-7-23/h2-7H,8H2,1H3,(H4,16,18,19,20,21,22). The Hall–Kier alpha value is -3.43. The molecule has 3 aromatic rings. The van der Waals surface area contributed by atoms with E-state index in [1.807, 2.05) is 0 Å². The Labute approximate surface area is 136 Å². The first kappa shape index (κ1) is 15.5. The molecule has 0 amide bonds. The van der Waals surface area contributed by atoms with Gasteiger partial charge in [-0.15, -0.1) is 0 Å². The van der Waals surface area contributed by atoms with Crippen LogP contribution in [0.2, 0.25) is 0 Å². The van der Waals surface area contributed by atoms with Crippen molar-refractivity contribution >= 4 is 23.5 Å². The fourth-order valence-corrected chi connectivity index (χ4v) is 1.94. The summed E-state index contributed by atoms with van der Waals surface area (Å²) in [6.07, 6.45) is 5.10. The number of nitrogens with zero attached hydrogens (tertiary/aromatic N) is 5. The van der Waals surface area contributed by atoms with Gasteiger partial charge in [-0.2, -0.15) is 15.0 Å². The number of halogens is 1. The van der Waals surface area contributed by atoms with Crippen LogP contribution in [0.1, 0.15) is 0 Å². The van der Waals surface area contributed by atoms with Crippen molar-refractivity contribution in [1.29, 1.82) is 0 Å². The second-order valence-electron chi connectivity index (χ2n) is 4.73. The van der Waals surface area contributed by atoms with Crippen LogP contribution in [-0.4, -0.2) is 31.6 Å². The summed E-state index contributed by atoms with van der Waals surface area (Å²) in [5.74, 6) is 0.170. The molecule has 1 aromatic carbocycles. The Kier molecular flexibility index (Phi) is 4.36. The largest absolute Gasteiger partial charge is 0.494 e. The molecule has 0 unspecified atom stereocenters. The van der Waals surface area contributed by atoms with Gasteiger partial charge in [0.1, 0.15) is 0 Å². The van der Waals surface area contributed by atoms with Gasteiger partial charge in [-0.05, 0) is 12.1 Å². The topological polar surface area (TPSA) is 116 Å². The van der Waals surface area contributed by atoms with Gasteiger partial charge in [0.15, 0.2) is 11.6 Å². The molecular formula is C14H15FN8O. The quantitative estimate of drug-likeness (QED) is 0.624. The van der Waals surface area contributed by atoms with Crippen molar-refractivity contribution in [3.05, 3.63) is 42.7 Å². The van der Waals surface area contributed by atoms with E-state index in [2.05, 4.69) is 30.6 Å². The monoisotopic (exact) mass is 330 g/mol. The van der Waals surface area contributed by atoms with Gasteiger partial charge >= 0.3 is 0 Å². The third-order valence-electron chi connectivity index (χ3n) is 3.04. The SMILES string of the molecule is COc1ccc(Nc2nc(N)nc(NCn3ccnc3)n2)cc1F. The second-order valence-corrected chi connectivity index (χ2v) is 4.73. The minimum Gasteiger partial charge on any atom is -0.494 e. The Balaban J connectivity index is 1.74. The number of hydrogen-bond donors (Lipinski definition) is 3. The zero-order chi connectivity index (χ0) is 16.9. The van der Waals surface area contributed by atoms with Gasteiger partial charge in [0.05, 0.1) is 20.1 Å². The van der Waals surface area contributed by atoms with E-state index in [4.69, 9.17) is 10.5 Å². The molecule has 0 fully saturated rings. The fourth-order valence-electron chi connectivity index (χ4n) is 1.94. The molecule has 0 aliphatic heterocycles. The number of methoxy groups -OCH3 is 1. The number of nitrogens with two attached hydrogens (primary N) is 1. The number of aromatic nitrogens is 5. The lowest BCUT2D eigenvalue weighted by Gasteiger charge is -2.10. The van der Waals surface area contributed by atoms with Gasteiger partial charge in [0, 0.05) is 24.1 Å². The van der Waals surface area contributed by atoms with Gasteiger partial charge in [-0.1, -0.05) is 0 Å². The van der Waals surface area contributed by atoms with Crippen molar-refractivity contribution in [2.45, 2.75) is 6.67 Å². The predicted molar refractivity (Wildman–Crippen MR) is 86.3 cm³/mol. The molecule has 24 heavy (non-hydrogen) atoms. The van der Waals surface area contributed by atoms with Crippen LogP contribution in [0.5, 0.6) is 5.75 Å². The maximum absolute atomic E-state index is 13.7. The summed E-state index contributed by atoms with van der Waals surface area (Å²) >= 11 is 0. The summed E-state index contributed by atoms with van der Waals surface area (Å²) in [6.45, 7) is 0.417. The lowest BCUT2D eigenvalue weighted by molar-refractivity contribution is 0.386. The van der Waals surface area contributed by atoms with E-state index in [1.54, 1.807) is 29.4 Å². The van der Waals surface area contributed by atoms with Crippen molar-refractivity contribution in [1.82, 2.24) is 24.5 Å². The minimum absolute atomic E-state index is 0.0367. The molecule has 0 aliphatic carbocycles. The zero-order valence-electron chi connectivity index (χ0n) is 12.8. The van der Waals surface area contributed by atoms with Crippen LogP contribution in [-0.2, 0) is 6.67 Å². The molecular weight excluding hydrogens is 315 g/mol. The highest BCUT2D eigenvalue weighted by Gasteiger charge is 2.07. The van der Waals surface area contributed by atoms with Crippen LogP contribution in [0.15, 0.2) is 36.9 Å². The zero-order valence-corrected chi connectivity index (χ0v) is 12.8. The van der Waals surface area contributed by atoms with Crippen LogP contribution in [0, 0.1) is 5.82 Å². The lowest BCUT2D eigenvalue weighted by Crippen LogP contribution is -2.12. The van der Waals surface area contributed by atoms with E-state index in [0.717, 1.165) is 0 Å². The summed E-state index contributed by atoms with van der Waals surface area (Å²) in [4.78, 5) is 16.1. The van der Waals surface area contributed by atoms with Crippen molar-refractivity contribution in [3.8, 4) is 5.75 Å². The number of nitrogen functional groups attached to an aromatic ring is 1. The third kappa shape index (κ3) is 3.66. The van der Waals surface area contributed by atoms with Crippen LogP contribution in [0.4, 0.5) is 27.9 Å². The van der Waals surface area contributed by atoms with Crippen molar-refractivity contribution in [3.63, 3.8) is 0 Å². The van der Waals surface area contributed by atoms with Crippen LogP contribution in [0.25, 0.3) is 0 Å². The van der Waals surface area contributed by atoms with Gasteiger partial charge < -0.3 is 25.7 Å². The highest BCUT2D eigenvalue weighted by molar-refractivity contribution is 5.56. The first-order chi connectivity index (χ1) is 11.6. The highest BCUT2D eigenvalue weighted by atomic mass is 19.1. The Morgan fingerprint density at radius 2 is 2.08 bits per heavy atom. The first-order valence-corrected chi connectivity index (χ1v) is 6.96. The average molecular weight is 330 g/mol. The van der Waals surface area contributed by atoms with Crippen LogP contribution >= 0.6 is 0 Å². The molecule has 0 atom stereocenters. The molecule has 4 N–H and O–H groups in total. The molecule has 124 valence electrons. The number of benzene rings is 1. The molecule has 0 spiro atoms. The fraction of sp³-hybridized carbons (Fsp3) is 0.143. The van der Waals surface area contributed by atoms with Crippen molar-refractivity contribution < 1.29 is 9.13 Å². The Bertz CT molecular complexity index is 824. The van der Waals surface area contributed by atoms with E-state index in [1.165, 1.54) is 19.2 Å². The van der Waals surface area contributed by atoms with E-state index >= 15 is 0 Å². The number of nitrogens with one attached hydrogen (secondary N) is 2. The summed E-state index contributed by atoms with van der Waals surface area (Å²) in [6, 6.07) is 4.41. The molecule has 9 nitrogen and oxygen atoms in total. The maximum Gasteiger partial charge on any atom is 0.233 e. The highest BCUT2D eigenvalue weighted by Crippen LogP contribution is 2.22. The Morgan fingerprint density at radius 3 is 2.79 bits per heavy atom. The number of rotatable bonds is 6. The smallest absolute Gasteiger partial charge is 0.233 e. The lowest BCUT2D eigenvalue weighted by atomic mass is 10.3. The molecule has 3 rings (SSSR count). The molecule has 0 radical (unpaired) electrons. The molecule has 0 bridgehead atoms. The van der Waals surface area contributed by atoms with Crippen molar-refractivity contribution in [2.75, 3.05) is 23.5 Å². The first-order valence-electron chi connectivity index (χ1n) is 6.96. The average Bonchev–Trinajstić information content (AvgIpc) is 3.06. The van der Waals surface area contributed by atoms with Crippen LogP contribution in [0.3, 0.4) is 0 Å². The van der Waals surface area contributed by atoms with Gasteiger partial charge in [-0.25, -0.2) is 9.37 Å². The second kappa shape index (κ2) is 6.77. The molecule has 0 saturated carbocycles. The van der Waals surface area contributed by atoms with Gasteiger partial charge in [-0.3, -0.25) is 0 Å². The maximum atomic E-state index is 13.7. The summed E-state index contributed by atoms with van der Waals surface area (Å²) in [5, 5.41) is 5.86. The molecule has 0 aliphatic rings. The van der Waals surface area contributed by atoms with Gasteiger partial charge in [0.25, 0.3) is 0 Å². The third-order valence-corrected chi connectivity index (χ3v) is 3.04. The predicted octanol–water partition coefficient (Wildman–Crippen LogP) is 1.61.